The van der Waals surface area contributed by atoms with Gasteiger partial charge in [0, 0.05) is 6.61 Å². The van der Waals surface area contributed by atoms with Crippen LogP contribution in [-0.4, -0.2) is 34.9 Å². The van der Waals surface area contributed by atoms with Crippen molar-refractivity contribution in [3.63, 3.8) is 0 Å². The Bertz CT molecular complexity index is 379. The van der Waals surface area contributed by atoms with E-state index in [9.17, 15) is 4.79 Å². The van der Waals surface area contributed by atoms with Crippen LogP contribution in [0.1, 0.15) is 23.8 Å². The molecule has 1 aliphatic rings. The van der Waals surface area contributed by atoms with Gasteiger partial charge in [0.2, 0.25) is 0 Å². The molecule has 1 aliphatic heterocycles. The van der Waals surface area contributed by atoms with Gasteiger partial charge in [0.25, 0.3) is 5.91 Å². The second-order valence-electron chi connectivity index (χ2n) is 3.78. The number of nitrogens with two attached hydrogens (primary N) is 1. The van der Waals surface area contributed by atoms with Crippen LogP contribution in [0.4, 0.5) is 5.82 Å². The third-order valence-corrected chi connectivity index (χ3v) is 2.63. The van der Waals surface area contributed by atoms with Crippen molar-refractivity contribution in [2.45, 2.75) is 25.5 Å². The lowest BCUT2D eigenvalue weighted by Crippen LogP contribution is -2.27. The summed E-state index contributed by atoms with van der Waals surface area (Å²) in [6.07, 6.45) is 1.11. The van der Waals surface area contributed by atoms with Crippen molar-refractivity contribution >= 4 is 11.7 Å². The Morgan fingerprint density at radius 3 is 2.88 bits per heavy atom. The SMILES string of the molecule is CC1OCCC1Nc1ccc(C(N)=O)nn1. The number of anilines is 1. The number of aromatic nitrogens is 2. The first-order valence-corrected chi connectivity index (χ1v) is 5.18. The second kappa shape index (κ2) is 4.44. The van der Waals surface area contributed by atoms with Gasteiger partial charge in [-0.2, -0.15) is 0 Å². The highest BCUT2D eigenvalue weighted by Gasteiger charge is 2.24. The quantitative estimate of drug-likeness (QED) is 0.760. The zero-order valence-electron chi connectivity index (χ0n) is 9.01. The molecule has 2 atom stereocenters. The zero-order valence-corrected chi connectivity index (χ0v) is 9.01. The third-order valence-electron chi connectivity index (χ3n) is 2.63. The number of amides is 1. The summed E-state index contributed by atoms with van der Waals surface area (Å²) >= 11 is 0. The Labute approximate surface area is 93.2 Å². The van der Waals surface area contributed by atoms with Crippen molar-refractivity contribution in [2.75, 3.05) is 11.9 Å². The van der Waals surface area contributed by atoms with Crippen molar-refractivity contribution in [3.05, 3.63) is 17.8 Å². The van der Waals surface area contributed by atoms with Gasteiger partial charge >= 0.3 is 0 Å². The predicted octanol–water partition coefficient (Wildman–Crippen LogP) is 0.165. The standard InChI is InChI=1S/C10H14N4O2/c1-6-7(4-5-16-6)12-9-3-2-8(10(11)15)13-14-9/h2-3,6-7H,4-5H2,1H3,(H2,11,15)(H,12,14). The summed E-state index contributed by atoms with van der Waals surface area (Å²) in [5.74, 6) is 0.0592. The molecule has 6 heteroatoms. The number of nitrogens with zero attached hydrogens (tertiary/aromatic N) is 2. The van der Waals surface area contributed by atoms with E-state index in [4.69, 9.17) is 10.5 Å². The molecule has 0 aliphatic carbocycles. The fourth-order valence-corrected chi connectivity index (χ4v) is 1.65. The Morgan fingerprint density at radius 1 is 1.56 bits per heavy atom. The summed E-state index contributed by atoms with van der Waals surface area (Å²) in [5.41, 5.74) is 5.24. The van der Waals surface area contributed by atoms with Crippen LogP contribution in [0.3, 0.4) is 0 Å². The van der Waals surface area contributed by atoms with E-state index in [1.165, 1.54) is 0 Å². The summed E-state index contributed by atoms with van der Waals surface area (Å²) in [5, 5.41) is 10.8. The smallest absolute Gasteiger partial charge is 0.269 e. The van der Waals surface area contributed by atoms with Crippen LogP contribution in [-0.2, 0) is 4.74 Å². The van der Waals surface area contributed by atoms with Crippen molar-refractivity contribution < 1.29 is 9.53 Å². The molecule has 1 saturated heterocycles. The maximum absolute atomic E-state index is 10.8. The molecule has 1 fully saturated rings. The first-order valence-electron chi connectivity index (χ1n) is 5.18. The molecule has 86 valence electrons. The van der Waals surface area contributed by atoms with E-state index in [-0.39, 0.29) is 17.8 Å². The molecule has 1 aromatic heterocycles. The molecular formula is C10H14N4O2. The lowest BCUT2D eigenvalue weighted by atomic mass is 10.1. The number of primary amides is 1. The van der Waals surface area contributed by atoms with E-state index in [1.807, 2.05) is 6.92 Å². The van der Waals surface area contributed by atoms with Gasteiger partial charge < -0.3 is 15.8 Å². The number of ether oxygens (including phenoxy) is 1. The highest BCUT2D eigenvalue weighted by molar-refractivity contribution is 5.90. The molecule has 0 aromatic carbocycles. The lowest BCUT2D eigenvalue weighted by Gasteiger charge is -2.15. The largest absolute Gasteiger partial charge is 0.376 e. The third kappa shape index (κ3) is 2.27. The minimum atomic E-state index is -0.573. The summed E-state index contributed by atoms with van der Waals surface area (Å²) in [6, 6.07) is 3.49. The molecule has 6 nitrogen and oxygen atoms in total. The van der Waals surface area contributed by atoms with Crippen LogP contribution < -0.4 is 11.1 Å². The van der Waals surface area contributed by atoms with Gasteiger partial charge in [-0.1, -0.05) is 0 Å². The Morgan fingerprint density at radius 2 is 2.38 bits per heavy atom. The molecule has 0 spiro atoms. The molecule has 0 saturated carbocycles. The number of nitrogens with one attached hydrogen (secondary N) is 1. The van der Waals surface area contributed by atoms with E-state index < -0.39 is 5.91 Å². The van der Waals surface area contributed by atoms with E-state index in [2.05, 4.69) is 15.5 Å². The van der Waals surface area contributed by atoms with Crippen LogP contribution in [0.25, 0.3) is 0 Å². The summed E-state index contributed by atoms with van der Waals surface area (Å²) in [4.78, 5) is 10.8. The monoisotopic (exact) mass is 222 g/mol. The number of carbonyl (C=O) groups excluding carboxylic acids is 1. The van der Waals surface area contributed by atoms with Crippen LogP contribution in [0.15, 0.2) is 12.1 Å². The van der Waals surface area contributed by atoms with E-state index >= 15 is 0 Å². The van der Waals surface area contributed by atoms with Gasteiger partial charge in [0.05, 0.1) is 12.1 Å². The molecule has 0 radical (unpaired) electrons. The summed E-state index contributed by atoms with van der Waals surface area (Å²) in [7, 11) is 0. The molecule has 1 aromatic rings. The lowest BCUT2D eigenvalue weighted by molar-refractivity contribution is 0.0994. The number of rotatable bonds is 3. The molecule has 2 rings (SSSR count). The average molecular weight is 222 g/mol. The van der Waals surface area contributed by atoms with Crippen LogP contribution in [0, 0.1) is 0 Å². The first-order chi connectivity index (χ1) is 7.66. The van der Waals surface area contributed by atoms with Gasteiger partial charge in [-0.05, 0) is 25.5 Å². The fraction of sp³-hybridized carbons (Fsp3) is 0.500. The van der Waals surface area contributed by atoms with Gasteiger partial charge in [0.1, 0.15) is 5.82 Å². The van der Waals surface area contributed by atoms with Crippen LogP contribution in [0.5, 0.6) is 0 Å². The van der Waals surface area contributed by atoms with Gasteiger partial charge in [-0.15, -0.1) is 10.2 Å². The maximum Gasteiger partial charge on any atom is 0.269 e. The topological polar surface area (TPSA) is 90.1 Å². The zero-order chi connectivity index (χ0) is 11.5. The van der Waals surface area contributed by atoms with E-state index in [0.717, 1.165) is 13.0 Å². The van der Waals surface area contributed by atoms with Crippen molar-refractivity contribution in [3.8, 4) is 0 Å². The summed E-state index contributed by atoms with van der Waals surface area (Å²) < 4.78 is 5.41. The predicted molar refractivity (Wildman–Crippen MR) is 58.0 cm³/mol. The second-order valence-corrected chi connectivity index (χ2v) is 3.78. The minimum Gasteiger partial charge on any atom is -0.376 e. The van der Waals surface area contributed by atoms with E-state index in [0.29, 0.717) is 5.82 Å². The molecule has 2 unspecified atom stereocenters. The highest BCUT2D eigenvalue weighted by Crippen LogP contribution is 2.16. The average Bonchev–Trinajstić information content (AvgIpc) is 2.65. The highest BCUT2D eigenvalue weighted by atomic mass is 16.5. The van der Waals surface area contributed by atoms with E-state index in [1.54, 1.807) is 12.1 Å². The van der Waals surface area contributed by atoms with Crippen molar-refractivity contribution in [2.24, 2.45) is 5.73 Å². The van der Waals surface area contributed by atoms with Gasteiger partial charge in [-0.25, -0.2) is 0 Å². The molecule has 16 heavy (non-hydrogen) atoms. The van der Waals surface area contributed by atoms with Gasteiger partial charge in [0.15, 0.2) is 5.69 Å². The number of carbonyl (C=O) groups is 1. The Hall–Kier alpha value is -1.69. The molecule has 3 N–H and O–H groups in total. The molecular weight excluding hydrogens is 208 g/mol. The van der Waals surface area contributed by atoms with Crippen LogP contribution in [0.2, 0.25) is 0 Å². The molecule has 0 bridgehead atoms. The first kappa shape index (κ1) is 10.8. The Kier molecular flexibility index (Phi) is 3.00. The van der Waals surface area contributed by atoms with Crippen molar-refractivity contribution in [1.29, 1.82) is 0 Å². The Balaban J connectivity index is 2.02. The van der Waals surface area contributed by atoms with Crippen LogP contribution >= 0.6 is 0 Å². The maximum atomic E-state index is 10.8. The minimum absolute atomic E-state index is 0.164. The number of hydrogen-bond donors (Lipinski definition) is 2. The molecule has 2 heterocycles. The van der Waals surface area contributed by atoms with Crippen molar-refractivity contribution in [1.82, 2.24) is 10.2 Å². The molecule has 1 amide bonds. The normalized spacial score (nSPS) is 24.3. The fourth-order valence-electron chi connectivity index (χ4n) is 1.65. The summed E-state index contributed by atoms with van der Waals surface area (Å²) in [6.45, 7) is 2.77. The van der Waals surface area contributed by atoms with Gasteiger partial charge in [-0.3, -0.25) is 4.79 Å². The number of hydrogen-bond acceptors (Lipinski definition) is 5.